The molecule has 0 bridgehead atoms. The number of carbonyl (C=O) groups excluding carboxylic acids is 3. The molecule has 0 spiro atoms. The first kappa shape index (κ1) is 20.5. The fraction of sp³-hybridized carbons (Fsp3) is 0.409. The monoisotopic (exact) mass is 429 g/mol. The summed E-state index contributed by atoms with van der Waals surface area (Å²) in [4.78, 5) is 44.2. The molecule has 30 heavy (non-hydrogen) atoms. The molecule has 6 nitrogen and oxygen atoms in total. The molecule has 1 atom stereocenters. The van der Waals surface area contributed by atoms with E-state index < -0.39 is 0 Å². The molecule has 1 aromatic heterocycles. The summed E-state index contributed by atoms with van der Waals surface area (Å²) < 4.78 is 13.1. The van der Waals surface area contributed by atoms with Gasteiger partial charge in [0.25, 0.3) is 11.8 Å². The summed E-state index contributed by atoms with van der Waals surface area (Å²) in [7, 11) is 0. The smallest absolute Gasteiger partial charge is 0.263 e. The Morgan fingerprint density at radius 3 is 2.23 bits per heavy atom. The zero-order valence-corrected chi connectivity index (χ0v) is 17.4. The normalized spacial score (nSPS) is 19.6. The molecule has 0 radical (unpaired) electrons. The van der Waals surface area contributed by atoms with Crippen LogP contribution in [0, 0.1) is 11.7 Å². The minimum atomic E-state index is -0.374. The fourth-order valence-electron chi connectivity index (χ4n) is 4.08. The van der Waals surface area contributed by atoms with Crippen LogP contribution in [0.2, 0.25) is 0 Å². The lowest BCUT2D eigenvalue weighted by molar-refractivity contribution is -0.138. The maximum absolute atomic E-state index is 13.1. The molecule has 0 saturated carbocycles. The highest BCUT2D eigenvalue weighted by Crippen LogP contribution is 2.23. The highest BCUT2D eigenvalue weighted by molar-refractivity contribution is 7.12. The molecule has 2 fully saturated rings. The Labute approximate surface area is 178 Å². The molecule has 3 amide bonds. The van der Waals surface area contributed by atoms with Crippen LogP contribution in [0.1, 0.15) is 32.9 Å². The first-order chi connectivity index (χ1) is 14.5. The van der Waals surface area contributed by atoms with E-state index in [-0.39, 0.29) is 29.5 Å². The van der Waals surface area contributed by atoms with E-state index in [2.05, 4.69) is 0 Å². The number of piperidine rings is 1. The summed E-state index contributed by atoms with van der Waals surface area (Å²) in [5.74, 6) is -0.652. The maximum atomic E-state index is 13.1. The molecule has 1 unspecified atom stereocenters. The van der Waals surface area contributed by atoms with Crippen LogP contribution in [0.3, 0.4) is 0 Å². The minimum absolute atomic E-state index is 0.00258. The second-order valence-corrected chi connectivity index (χ2v) is 8.64. The Bertz CT molecular complexity index is 908. The summed E-state index contributed by atoms with van der Waals surface area (Å²) in [5, 5.41) is 1.88. The molecule has 1 aromatic carbocycles. The van der Waals surface area contributed by atoms with Crippen LogP contribution >= 0.6 is 11.3 Å². The number of benzene rings is 1. The maximum Gasteiger partial charge on any atom is 0.263 e. The fourth-order valence-corrected chi connectivity index (χ4v) is 4.77. The van der Waals surface area contributed by atoms with Gasteiger partial charge in [-0.05, 0) is 48.6 Å². The van der Waals surface area contributed by atoms with E-state index >= 15 is 0 Å². The SMILES string of the molecule is O=C(c1ccc(F)cc1)N1CCN(C(=O)C2CCCN(C(=O)c3cccs3)C2)CC1. The van der Waals surface area contributed by atoms with Crippen molar-refractivity contribution in [1.82, 2.24) is 14.7 Å². The van der Waals surface area contributed by atoms with Crippen molar-refractivity contribution in [1.29, 1.82) is 0 Å². The standard InChI is InChI=1S/C22H24FN3O3S/c23-18-7-5-16(6-8-18)20(27)24-10-12-25(13-11-24)21(28)17-3-1-9-26(15-17)22(29)19-4-2-14-30-19/h2,4-8,14,17H,1,3,9-13,15H2. The summed E-state index contributed by atoms with van der Waals surface area (Å²) in [5.41, 5.74) is 0.450. The van der Waals surface area contributed by atoms with E-state index in [0.717, 1.165) is 12.8 Å². The first-order valence-corrected chi connectivity index (χ1v) is 11.1. The predicted octanol–water partition coefficient (Wildman–Crippen LogP) is 2.72. The molecule has 0 N–H and O–H groups in total. The quantitative estimate of drug-likeness (QED) is 0.754. The Balaban J connectivity index is 1.32. The Hall–Kier alpha value is -2.74. The molecule has 3 heterocycles. The van der Waals surface area contributed by atoms with Crippen LogP contribution in [0.15, 0.2) is 41.8 Å². The molecular formula is C22H24FN3O3S. The van der Waals surface area contributed by atoms with Crippen LogP contribution in [0.25, 0.3) is 0 Å². The second-order valence-electron chi connectivity index (χ2n) is 7.69. The Kier molecular flexibility index (Phi) is 6.13. The van der Waals surface area contributed by atoms with Crippen molar-refractivity contribution in [2.24, 2.45) is 5.92 Å². The van der Waals surface area contributed by atoms with Crippen molar-refractivity contribution in [3.8, 4) is 0 Å². The van der Waals surface area contributed by atoms with Crippen LogP contribution in [-0.4, -0.2) is 71.7 Å². The van der Waals surface area contributed by atoms with Crippen molar-refractivity contribution < 1.29 is 18.8 Å². The van der Waals surface area contributed by atoms with Gasteiger partial charge in [0.2, 0.25) is 5.91 Å². The molecular weight excluding hydrogens is 405 g/mol. The summed E-state index contributed by atoms with van der Waals surface area (Å²) in [6.45, 7) is 2.98. The van der Waals surface area contributed by atoms with Crippen molar-refractivity contribution in [2.45, 2.75) is 12.8 Å². The van der Waals surface area contributed by atoms with Crippen LogP contribution in [0.4, 0.5) is 4.39 Å². The van der Waals surface area contributed by atoms with Gasteiger partial charge < -0.3 is 14.7 Å². The van der Waals surface area contributed by atoms with Crippen LogP contribution in [-0.2, 0) is 4.79 Å². The second kappa shape index (κ2) is 8.95. The van der Waals surface area contributed by atoms with E-state index in [0.29, 0.717) is 49.7 Å². The van der Waals surface area contributed by atoms with Gasteiger partial charge in [-0.15, -0.1) is 11.3 Å². The number of amides is 3. The number of nitrogens with zero attached hydrogens (tertiary/aromatic N) is 3. The average molecular weight is 430 g/mol. The van der Waals surface area contributed by atoms with Crippen molar-refractivity contribution in [2.75, 3.05) is 39.3 Å². The lowest BCUT2D eigenvalue weighted by Gasteiger charge is -2.39. The molecule has 2 aliphatic heterocycles. The third-order valence-corrected chi connectivity index (χ3v) is 6.62. The van der Waals surface area contributed by atoms with Gasteiger partial charge in [0, 0.05) is 44.8 Å². The minimum Gasteiger partial charge on any atom is -0.339 e. The molecule has 4 rings (SSSR count). The van der Waals surface area contributed by atoms with Gasteiger partial charge in [-0.3, -0.25) is 14.4 Å². The molecule has 8 heteroatoms. The van der Waals surface area contributed by atoms with Crippen molar-refractivity contribution >= 4 is 29.1 Å². The predicted molar refractivity (Wildman–Crippen MR) is 112 cm³/mol. The van der Waals surface area contributed by atoms with Gasteiger partial charge >= 0.3 is 0 Å². The molecule has 2 saturated heterocycles. The van der Waals surface area contributed by atoms with Gasteiger partial charge in [-0.2, -0.15) is 0 Å². The zero-order valence-electron chi connectivity index (χ0n) is 16.6. The van der Waals surface area contributed by atoms with Gasteiger partial charge in [-0.1, -0.05) is 6.07 Å². The largest absolute Gasteiger partial charge is 0.339 e. The zero-order chi connectivity index (χ0) is 21.1. The topological polar surface area (TPSA) is 60.9 Å². The van der Waals surface area contributed by atoms with E-state index in [1.165, 1.54) is 35.6 Å². The van der Waals surface area contributed by atoms with Gasteiger partial charge in [0.1, 0.15) is 5.82 Å². The van der Waals surface area contributed by atoms with Crippen LogP contribution < -0.4 is 0 Å². The average Bonchev–Trinajstić information content (AvgIpc) is 3.33. The summed E-state index contributed by atoms with van der Waals surface area (Å²) in [6, 6.07) is 9.19. The van der Waals surface area contributed by atoms with Crippen molar-refractivity contribution in [3.05, 3.63) is 58.0 Å². The van der Waals surface area contributed by atoms with E-state index in [9.17, 15) is 18.8 Å². The van der Waals surface area contributed by atoms with Crippen molar-refractivity contribution in [3.63, 3.8) is 0 Å². The van der Waals surface area contributed by atoms with Gasteiger partial charge in [-0.25, -0.2) is 4.39 Å². The first-order valence-electron chi connectivity index (χ1n) is 10.2. The lowest BCUT2D eigenvalue weighted by Crippen LogP contribution is -2.54. The summed E-state index contributed by atoms with van der Waals surface area (Å²) >= 11 is 1.42. The number of carbonyl (C=O) groups is 3. The highest BCUT2D eigenvalue weighted by atomic mass is 32.1. The van der Waals surface area contributed by atoms with E-state index in [1.54, 1.807) is 14.7 Å². The number of likely N-dealkylation sites (tertiary alicyclic amines) is 1. The van der Waals surface area contributed by atoms with E-state index in [1.807, 2.05) is 17.5 Å². The van der Waals surface area contributed by atoms with Crippen LogP contribution in [0.5, 0.6) is 0 Å². The Morgan fingerprint density at radius 1 is 0.867 bits per heavy atom. The van der Waals surface area contributed by atoms with E-state index in [4.69, 9.17) is 0 Å². The third-order valence-electron chi connectivity index (χ3n) is 5.76. The number of hydrogen-bond donors (Lipinski definition) is 0. The molecule has 158 valence electrons. The third kappa shape index (κ3) is 4.38. The Morgan fingerprint density at radius 2 is 1.57 bits per heavy atom. The number of halogens is 1. The summed E-state index contributed by atoms with van der Waals surface area (Å²) in [6.07, 6.45) is 1.60. The lowest BCUT2D eigenvalue weighted by atomic mass is 9.96. The molecule has 0 aliphatic carbocycles. The molecule has 2 aromatic rings. The number of thiophene rings is 1. The number of piperazine rings is 1. The number of hydrogen-bond acceptors (Lipinski definition) is 4. The van der Waals surface area contributed by atoms with Gasteiger partial charge in [0.15, 0.2) is 0 Å². The molecule has 2 aliphatic rings. The number of rotatable bonds is 3. The highest BCUT2D eigenvalue weighted by Gasteiger charge is 2.33. The van der Waals surface area contributed by atoms with Gasteiger partial charge in [0.05, 0.1) is 10.8 Å².